The molecule has 1 aliphatic rings. The van der Waals surface area contributed by atoms with Gasteiger partial charge in [-0.1, -0.05) is 49.4 Å². The second-order valence-corrected chi connectivity index (χ2v) is 6.80. The van der Waals surface area contributed by atoms with Gasteiger partial charge in [-0.05, 0) is 35.6 Å². The van der Waals surface area contributed by atoms with Crippen molar-refractivity contribution in [1.29, 1.82) is 0 Å². The number of rotatable bonds is 4. The zero-order valence-corrected chi connectivity index (χ0v) is 14.4. The fourth-order valence-corrected chi connectivity index (χ4v) is 3.58. The van der Waals surface area contributed by atoms with E-state index in [4.69, 9.17) is 0 Å². The molecule has 0 radical (unpaired) electrons. The van der Waals surface area contributed by atoms with E-state index in [2.05, 4.69) is 9.64 Å². The van der Waals surface area contributed by atoms with Crippen molar-refractivity contribution >= 4 is 0 Å². The van der Waals surface area contributed by atoms with Gasteiger partial charge in [-0.3, -0.25) is 9.64 Å². The van der Waals surface area contributed by atoms with Crippen LogP contribution in [0.15, 0.2) is 54.6 Å². The summed E-state index contributed by atoms with van der Waals surface area (Å²) in [6.07, 6.45) is -5.37. The van der Waals surface area contributed by atoms with Crippen LogP contribution in [0.25, 0.3) is 0 Å². The van der Waals surface area contributed by atoms with Gasteiger partial charge < -0.3 is 0 Å². The maximum atomic E-state index is 13.3. The van der Waals surface area contributed by atoms with E-state index in [0.29, 0.717) is 13.1 Å². The Morgan fingerprint density at radius 2 is 1.69 bits per heavy atom. The first-order valence-electron chi connectivity index (χ1n) is 8.60. The van der Waals surface area contributed by atoms with Gasteiger partial charge in [-0.25, -0.2) is 4.39 Å². The first-order chi connectivity index (χ1) is 12.3. The van der Waals surface area contributed by atoms with Crippen molar-refractivity contribution in [3.05, 3.63) is 71.5 Å². The zero-order valence-electron chi connectivity index (χ0n) is 14.4. The van der Waals surface area contributed by atoms with Crippen LogP contribution in [0.4, 0.5) is 17.6 Å². The van der Waals surface area contributed by atoms with E-state index >= 15 is 0 Å². The Morgan fingerprint density at radius 3 is 2.31 bits per heavy atom. The molecule has 1 heterocycles. The van der Waals surface area contributed by atoms with E-state index in [1.54, 1.807) is 19.1 Å². The van der Waals surface area contributed by atoms with Crippen LogP contribution in [0.5, 0.6) is 0 Å². The van der Waals surface area contributed by atoms with Gasteiger partial charge in [0.25, 0.3) is 0 Å². The fourth-order valence-electron chi connectivity index (χ4n) is 3.58. The first-order valence-corrected chi connectivity index (χ1v) is 8.60. The smallest absolute Gasteiger partial charge is 0.292 e. The number of halogens is 4. The Bertz CT molecular complexity index is 702. The third kappa shape index (κ3) is 4.83. The lowest BCUT2D eigenvalue weighted by atomic mass is 9.87. The molecule has 0 aromatic heterocycles. The third-order valence-corrected chi connectivity index (χ3v) is 4.82. The summed E-state index contributed by atoms with van der Waals surface area (Å²) in [5, 5.41) is 0. The normalized spacial score (nSPS) is 24.6. The van der Waals surface area contributed by atoms with Crippen molar-refractivity contribution in [3.63, 3.8) is 0 Å². The number of hydrogen-bond acceptors (Lipinski definition) is 2. The molecule has 140 valence electrons. The summed E-state index contributed by atoms with van der Waals surface area (Å²) in [4.78, 5) is 2.14. The van der Waals surface area contributed by atoms with Gasteiger partial charge in [0.1, 0.15) is 5.82 Å². The van der Waals surface area contributed by atoms with Crippen LogP contribution in [-0.2, 0) is 11.3 Å². The Hall–Kier alpha value is -1.92. The van der Waals surface area contributed by atoms with Gasteiger partial charge in [0.05, 0.1) is 6.10 Å². The van der Waals surface area contributed by atoms with Crippen molar-refractivity contribution in [2.75, 3.05) is 6.54 Å². The van der Waals surface area contributed by atoms with Gasteiger partial charge in [-0.15, -0.1) is 13.2 Å². The zero-order chi connectivity index (χ0) is 18.7. The molecule has 0 bridgehead atoms. The highest BCUT2D eigenvalue weighted by Gasteiger charge is 2.41. The molecule has 26 heavy (non-hydrogen) atoms. The highest BCUT2D eigenvalue weighted by molar-refractivity contribution is 5.22. The highest BCUT2D eigenvalue weighted by Crippen LogP contribution is 2.38. The molecule has 6 heteroatoms. The van der Waals surface area contributed by atoms with Crippen molar-refractivity contribution in [2.45, 2.75) is 38.4 Å². The van der Waals surface area contributed by atoms with Gasteiger partial charge in [0.15, 0.2) is 0 Å². The predicted octanol–water partition coefficient (Wildman–Crippen LogP) is 5.31. The van der Waals surface area contributed by atoms with E-state index in [9.17, 15) is 17.6 Å². The molecule has 1 unspecified atom stereocenters. The predicted molar refractivity (Wildman–Crippen MR) is 90.7 cm³/mol. The van der Waals surface area contributed by atoms with E-state index < -0.39 is 12.5 Å². The Kier molecular flexibility index (Phi) is 5.63. The lowest BCUT2D eigenvalue weighted by molar-refractivity contribution is -0.353. The molecule has 0 aliphatic carbocycles. The summed E-state index contributed by atoms with van der Waals surface area (Å²) < 4.78 is 55.9. The number of hydrogen-bond donors (Lipinski definition) is 0. The molecule has 0 spiro atoms. The number of nitrogens with zero attached hydrogens (tertiary/aromatic N) is 1. The summed E-state index contributed by atoms with van der Waals surface area (Å²) in [5.74, 6) is -0.632. The molecule has 0 saturated carbocycles. The molecule has 1 fully saturated rings. The molecular formula is C20H21F4NO. The minimum Gasteiger partial charge on any atom is -0.292 e. The quantitative estimate of drug-likeness (QED) is 0.679. The van der Waals surface area contributed by atoms with Gasteiger partial charge >= 0.3 is 6.36 Å². The van der Waals surface area contributed by atoms with Crippen LogP contribution in [0.2, 0.25) is 0 Å². The molecule has 2 nitrogen and oxygen atoms in total. The second-order valence-electron chi connectivity index (χ2n) is 6.80. The van der Waals surface area contributed by atoms with Crippen LogP contribution in [0, 0.1) is 11.7 Å². The minimum absolute atomic E-state index is 0.207. The minimum atomic E-state index is -4.66. The molecule has 3 rings (SSSR count). The summed E-state index contributed by atoms with van der Waals surface area (Å²) in [6, 6.07) is 15.5. The number of ether oxygens (including phenoxy) is 1. The van der Waals surface area contributed by atoms with Gasteiger partial charge in [0.2, 0.25) is 0 Å². The number of alkyl halides is 3. The molecule has 1 aliphatic heterocycles. The van der Waals surface area contributed by atoms with E-state index in [-0.39, 0.29) is 24.2 Å². The number of likely N-dealkylation sites (tertiary alicyclic amines) is 1. The first kappa shape index (κ1) is 18.9. The molecule has 2 aromatic carbocycles. The summed E-state index contributed by atoms with van der Waals surface area (Å²) >= 11 is 0. The average molecular weight is 367 g/mol. The standard InChI is InChI=1S/C20H21F4NO/c1-14-12-25(13-15-5-3-2-4-6-15)18(11-19(14)26-20(22,23)24)16-7-9-17(21)10-8-16/h2-10,14,18-19H,11-13H2,1H3/t14-,18-,19?/m1/s1. The molecular weight excluding hydrogens is 346 g/mol. The lowest BCUT2D eigenvalue weighted by Gasteiger charge is -2.43. The monoisotopic (exact) mass is 367 g/mol. The van der Waals surface area contributed by atoms with Gasteiger partial charge in [0, 0.05) is 19.1 Å². The molecule has 2 aromatic rings. The summed E-state index contributed by atoms with van der Waals surface area (Å²) in [5.41, 5.74) is 1.88. The molecule has 0 N–H and O–H groups in total. The molecule has 1 saturated heterocycles. The second kappa shape index (κ2) is 7.76. The van der Waals surface area contributed by atoms with Gasteiger partial charge in [-0.2, -0.15) is 0 Å². The summed E-state index contributed by atoms with van der Waals surface area (Å²) in [6.45, 7) is 2.86. The van der Waals surface area contributed by atoms with Crippen LogP contribution in [-0.4, -0.2) is 23.9 Å². The maximum absolute atomic E-state index is 13.3. The van der Waals surface area contributed by atoms with Crippen molar-refractivity contribution in [1.82, 2.24) is 4.90 Å². The summed E-state index contributed by atoms with van der Waals surface area (Å²) in [7, 11) is 0. The molecule has 0 amide bonds. The SMILES string of the molecule is C[C@@H]1CN(Cc2ccccc2)[C@@H](c2ccc(F)cc2)CC1OC(F)(F)F. The van der Waals surface area contributed by atoms with Crippen LogP contribution in [0.3, 0.4) is 0 Å². The Labute approximate surface area is 150 Å². The Balaban J connectivity index is 1.85. The third-order valence-electron chi connectivity index (χ3n) is 4.82. The lowest BCUT2D eigenvalue weighted by Crippen LogP contribution is -2.46. The number of benzene rings is 2. The van der Waals surface area contributed by atoms with Crippen LogP contribution in [0.1, 0.15) is 30.5 Å². The Morgan fingerprint density at radius 1 is 1.04 bits per heavy atom. The molecule has 3 atom stereocenters. The largest absolute Gasteiger partial charge is 0.522 e. The average Bonchev–Trinajstić information content (AvgIpc) is 2.58. The van der Waals surface area contributed by atoms with Crippen molar-refractivity contribution in [3.8, 4) is 0 Å². The van der Waals surface area contributed by atoms with Crippen molar-refractivity contribution < 1.29 is 22.3 Å². The topological polar surface area (TPSA) is 12.5 Å². The maximum Gasteiger partial charge on any atom is 0.522 e. The van der Waals surface area contributed by atoms with Crippen LogP contribution >= 0.6 is 0 Å². The fraction of sp³-hybridized carbons (Fsp3) is 0.400. The number of piperidine rings is 1. The van der Waals surface area contributed by atoms with E-state index in [1.807, 2.05) is 30.3 Å². The van der Waals surface area contributed by atoms with E-state index in [1.165, 1.54) is 12.1 Å². The highest BCUT2D eigenvalue weighted by atomic mass is 19.4. The van der Waals surface area contributed by atoms with Crippen LogP contribution < -0.4 is 0 Å². The van der Waals surface area contributed by atoms with Crippen molar-refractivity contribution in [2.24, 2.45) is 5.92 Å². The van der Waals surface area contributed by atoms with E-state index in [0.717, 1.165) is 11.1 Å².